The van der Waals surface area contributed by atoms with Gasteiger partial charge >= 0.3 is 12.1 Å². The number of thioether (sulfide) groups is 1. The Balaban J connectivity index is 2.73. The first-order valence-electron chi connectivity index (χ1n) is 8.45. The van der Waals surface area contributed by atoms with E-state index in [1.165, 1.54) is 4.90 Å². The minimum Gasteiger partial charge on any atom is -0.459 e. The van der Waals surface area contributed by atoms with E-state index in [9.17, 15) is 14.4 Å². The number of carbonyl (C=O) groups excluding carboxylic acids is 3. The summed E-state index contributed by atoms with van der Waals surface area (Å²) < 4.78 is 10.5. The summed E-state index contributed by atoms with van der Waals surface area (Å²) in [6, 6.07) is -0.704. The number of nitrogens with zero attached hydrogens (tertiary/aromatic N) is 1. The molecule has 144 valence electrons. The van der Waals surface area contributed by atoms with E-state index in [1.807, 2.05) is 0 Å². The van der Waals surface area contributed by atoms with Gasteiger partial charge in [0.15, 0.2) is 0 Å². The second-order valence-electron chi connectivity index (χ2n) is 7.95. The first-order chi connectivity index (χ1) is 11.4. The molecule has 1 saturated heterocycles. The molecule has 0 saturated carbocycles. The van der Waals surface area contributed by atoms with Gasteiger partial charge in [0.2, 0.25) is 5.91 Å². The smallest absolute Gasteiger partial charge is 0.408 e. The van der Waals surface area contributed by atoms with Crippen LogP contribution >= 0.6 is 11.8 Å². The molecule has 0 spiro atoms. The third kappa shape index (κ3) is 9.00. The van der Waals surface area contributed by atoms with E-state index in [0.717, 1.165) is 11.5 Å². The van der Waals surface area contributed by atoms with Crippen molar-refractivity contribution in [1.82, 2.24) is 10.2 Å². The molecule has 1 atom stereocenters. The van der Waals surface area contributed by atoms with Crippen molar-refractivity contribution in [2.75, 3.05) is 24.6 Å². The zero-order valence-corrected chi connectivity index (χ0v) is 16.8. The molecular formula is C17H30N2O5S. The van der Waals surface area contributed by atoms with Crippen molar-refractivity contribution < 1.29 is 23.9 Å². The molecule has 0 bridgehead atoms. The molecule has 2 amide bonds. The molecule has 0 aromatic carbocycles. The number of carbonyl (C=O) groups is 3. The van der Waals surface area contributed by atoms with Crippen LogP contribution in [0.1, 0.15) is 48.0 Å². The van der Waals surface area contributed by atoms with Crippen LogP contribution in [0.3, 0.4) is 0 Å². The molecule has 0 aromatic heterocycles. The van der Waals surface area contributed by atoms with Gasteiger partial charge in [-0.3, -0.25) is 9.59 Å². The van der Waals surface area contributed by atoms with E-state index in [4.69, 9.17) is 9.47 Å². The largest absolute Gasteiger partial charge is 0.459 e. The Hall–Kier alpha value is -1.44. The van der Waals surface area contributed by atoms with Gasteiger partial charge in [0, 0.05) is 12.3 Å². The van der Waals surface area contributed by atoms with Crippen LogP contribution in [-0.4, -0.2) is 64.7 Å². The van der Waals surface area contributed by atoms with Gasteiger partial charge in [-0.2, -0.15) is 11.8 Å². The van der Waals surface area contributed by atoms with Crippen LogP contribution in [0, 0.1) is 0 Å². The van der Waals surface area contributed by atoms with E-state index in [-0.39, 0.29) is 12.5 Å². The van der Waals surface area contributed by atoms with Crippen LogP contribution < -0.4 is 5.32 Å². The van der Waals surface area contributed by atoms with Crippen LogP contribution in [0.2, 0.25) is 0 Å². The lowest BCUT2D eigenvalue weighted by atomic mass is 10.2. The Labute approximate surface area is 154 Å². The van der Waals surface area contributed by atoms with E-state index in [2.05, 4.69) is 5.32 Å². The number of esters is 1. The highest BCUT2D eigenvalue weighted by molar-refractivity contribution is 7.99. The van der Waals surface area contributed by atoms with E-state index < -0.39 is 29.3 Å². The fourth-order valence-corrected chi connectivity index (χ4v) is 3.16. The van der Waals surface area contributed by atoms with Crippen LogP contribution in [0.25, 0.3) is 0 Å². The highest BCUT2D eigenvalue weighted by Crippen LogP contribution is 2.15. The van der Waals surface area contributed by atoms with E-state index in [0.29, 0.717) is 13.0 Å². The first-order valence-corrected chi connectivity index (χ1v) is 9.61. The molecule has 7 nitrogen and oxygen atoms in total. The summed E-state index contributed by atoms with van der Waals surface area (Å²) in [5, 5.41) is 2.63. The Morgan fingerprint density at radius 2 is 1.72 bits per heavy atom. The number of ether oxygens (including phenoxy) is 2. The predicted octanol–water partition coefficient (Wildman–Crippen LogP) is 2.19. The third-order valence-electron chi connectivity index (χ3n) is 3.10. The van der Waals surface area contributed by atoms with Gasteiger partial charge in [-0.05, 0) is 53.7 Å². The first kappa shape index (κ1) is 21.6. The minimum absolute atomic E-state index is 0.122. The molecule has 0 radical (unpaired) electrons. The Kier molecular flexibility index (Phi) is 7.59. The van der Waals surface area contributed by atoms with Gasteiger partial charge < -0.3 is 19.7 Å². The molecule has 1 fully saturated rings. The predicted molar refractivity (Wildman–Crippen MR) is 97.5 cm³/mol. The lowest BCUT2D eigenvalue weighted by Crippen LogP contribution is -2.52. The van der Waals surface area contributed by atoms with E-state index >= 15 is 0 Å². The fraction of sp³-hybridized carbons (Fsp3) is 0.824. The van der Waals surface area contributed by atoms with Gasteiger partial charge in [0.1, 0.15) is 23.8 Å². The fourth-order valence-electron chi connectivity index (χ4n) is 2.20. The van der Waals surface area contributed by atoms with Crippen LogP contribution in [-0.2, 0) is 19.1 Å². The molecular weight excluding hydrogens is 344 g/mol. The lowest BCUT2D eigenvalue weighted by Gasteiger charge is -2.31. The third-order valence-corrected chi connectivity index (χ3v) is 4.09. The van der Waals surface area contributed by atoms with Crippen molar-refractivity contribution in [3.8, 4) is 0 Å². The summed E-state index contributed by atoms with van der Waals surface area (Å²) in [7, 11) is 0. The summed E-state index contributed by atoms with van der Waals surface area (Å²) in [5.74, 6) is 0.764. The molecule has 0 aromatic rings. The molecule has 1 N–H and O–H groups in total. The highest BCUT2D eigenvalue weighted by atomic mass is 32.2. The number of amides is 2. The number of hydrogen-bond acceptors (Lipinski definition) is 6. The van der Waals surface area contributed by atoms with Crippen molar-refractivity contribution in [3.63, 3.8) is 0 Å². The molecule has 8 heteroatoms. The number of hydrogen-bond donors (Lipinski definition) is 1. The summed E-state index contributed by atoms with van der Waals surface area (Å²) in [5.41, 5.74) is -1.24. The van der Waals surface area contributed by atoms with Crippen LogP contribution in [0.15, 0.2) is 0 Å². The SMILES string of the molecule is CC(C)(C)OC(=O)CN1CCSCCC(NC(=O)OC(C)(C)C)C1=O. The van der Waals surface area contributed by atoms with Crippen molar-refractivity contribution in [3.05, 3.63) is 0 Å². The maximum absolute atomic E-state index is 12.7. The van der Waals surface area contributed by atoms with Gasteiger partial charge in [-0.15, -0.1) is 0 Å². The van der Waals surface area contributed by atoms with E-state index in [1.54, 1.807) is 53.3 Å². The maximum atomic E-state index is 12.7. The summed E-state index contributed by atoms with van der Waals surface area (Å²) in [6.07, 6.45) is -0.137. The average molecular weight is 375 g/mol. The number of nitrogens with one attached hydrogen (secondary N) is 1. The average Bonchev–Trinajstić information content (AvgIpc) is 2.38. The van der Waals surface area contributed by atoms with Crippen molar-refractivity contribution in [2.24, 2.45) is 0 Å². The topological polar surface area (TPSA) is 84.9 Å². The number of rotatable bonds is 3. The molecule has 1 rings (SSSR count). The number of alkyl carbamates (subject to hydrolysis) is 1. The maximum Gasteiger partial charge on any atom is 0.408 e. The van der Waals surface area contributed by atoms with Gasteiger partial charge in [0.05, 0.1) is 0 Å². The summed E-state index contributed by atoms with van der Waals surface area (Å²) in [6.45, 7) is 10.9. The summed E-state index contributed by atoms with van der Waals surface area (Å²) in [4.78, 5) is 38.2. The highest BCUT2D eigenvalue weighted by Gasteiger charge is 2.31. The summed E-state index contributed by atoms with van der Waals surface area (Å²) >= 11 is 1.68. The molecule has 1 unspecified atom stereocenters. The molecule has 1 heterocycles. The Morgan fingerprint density at radius 1 is 1.12 bits per heavy atom. The molecule has 1 aliphatic rings. The zero-order chi connectivity index (χ0) is 19.3. The van der Waals surface area contributed by atoms with Crippen molar-refractivity contribution >= 4 is 29.7 Å². The second kappa shape index (κ2) is 8.78. The van der Waals surface area contributed by atoms with Gasteiger partial charge in [-0.25, -0.2) is 4.79 Å². The normalized spacial score (nSPS) is 19.7. The lowest BCUT2D eigenvalue weighted by molar-refractivity contribution is -0.159. The van der Waals surface area contributed by atoms with Crippen molar-refractivity contribution in [2.45, 2.75) is 65.2 Å². The van der Waals surface area contributed by atoms with Crippen molar-refractivity contribution in [1.29, 1.82) is 0 Å². The molecule has 0 aliphatic carbocycles. The van der Waals surface area contributed by atoms with Crippen LogP contribution in [0.5, 0.6) is 0 Å². The van der Waals surface area contributed by atoms with Gasteiger partial charge in [-0.1, -0.05) is 0 Å². The molecule has 25 heavy (non-hydrogen) atoms. The Morgan fingerprint density at radius 3 is 2.28 bits per heavy atom. The zero-order valence-electron chi connectivity index (χ0n) is 16.0. The minimum atomic E-state index is -0.704. The monoisotopic (exact) mass is 374 g/mol. The standard InChI is InChI=1S/C17H30N2O5S/c1-16(2,3)23-13(20)11-19-8-10-25-9-7-12(14(19)21)18-15(22)24-17(4,5)6/h12H,7-11H2,1-6H3,(H,18,22). The van der Waals surface area contributed by atoms with Crippen LogP contribution in [0.4, 0.5) is 4.79 Å². The molecule has 1 aliphatic heterocycles. The quantitative estimate of drug-likeness (QED) is 0.762. The van der Waals surface area contributed by atoms with Gasteiger partial charge in [0.25, 0.3) is 0 Å². The second-order valence-corrected chi connectivity index (χ2v) is 9.17. The Bertz CT molecular complexity index is 454.